The number of halogens is 1. The van der Waals surface area contributed by atoms with Crippen molar-refractivity contribution in [1.29, 1.82) is 0 Å². The van der Waals surface area contributed by atoms with Gasteiger partial charge in [-0.05, 0) is 24.0 Å². The first kappa shape index (κ1) is 10.9. The Morgan fingerprint density at radius 2 is 2.31 bits per heavy atom. The Labute approximate surface area is 93.6 Å². The van der Waals surface area contributed by atoms with Gasteiger partial charge >= 0.3 is 0 Å². The summed E-state index contributed by atoms with van der Waals surface area (Å²) in [6.07, 6.45) is 2.69. The molecule has 3 nitrogen and oxygen atoms in total. The van der Waals surface area contributed by atoms with Gasteiger partial charge in [0, 0.05) is 5.39 Å². The number of aromatic nitrogens is 2. The number of aromatic amines is 1. The molecule has 0 fully saturated rings. The van der Waals surface area contributed by atoms with Crippen molar-refractivity contribution in [3.63, 3.8) is 0 Å². The van der Waals surface area contributed by atoms with E-state index in [2.05, 4.69) is 24.0 Å². The lowest BCUT2D eigenvalue weighted by Gasteiger charge is -2.12. The molecule has 0 aliphatic heterocycles. The van der Waals surface area contributed by atoms with Crippen molar-refractivity contribution < 1.29 is 9.13 Å². The third kappa shape index (κ3) is 1.54. The first-order chi connectivity index (χ1) is 7.69. The zero-order valence-corrected chi connectivity index (χ0v) is 9.67. The van der Waals surface area contributed by atoms with E-state index < -0.39 is 0 Å². The Morgan fingerprint density at radius 3 is 2.94 bits per heavy atom. The Kier molecular flexibility index (Phi) is 2.81. The van der Waals surface area contributed by atoms with Gasteiger partial charge in [0.25, 0.3) is 0 Å². The van der Waals surface area contributed by atoms with Crippen LogP contribution in [-0.4, -0.2) is 17.3 Å². The molecule has 1 atom stereocenters. The summed E-state index contributed by atoms with van der Waals surface area (Å²) in [5, 5.41) is 7.68. The fourth-order valence-electron chi connectivity index (χ4n) is 1.90. The number of fused-ring (bicyclic) bond motifs is 1. The van der Waals surface area contributed by atoms with E-state index in [0.29, 0.717) is 11.4 Å². The van der Waals surface area contributed by atoms with Crippen molar-refractivity contribution in [1.82, 2.24) is 10.2 Å². The van der Waals surface area contributed by atoms with Gasteiger partial charge in [-0.15, -0.1) is 0 Å². The van der Waals surface area contributed by atoms with E-state index in [1.165, 1.54) is 7.11 Å². The zero-order chi connectivity index (χ0) is 11.7. The molecule has 1 unspecified atom stereocenters. The van der Waals surface area contributed by atoms with E-state index in [1.54, 1.807) is 12.3 Å². The second-order valence-corrected chi connectivity index (χ2v) is 3.95. The molecule has 86 valence electrons. The molecular weight excluding hydrogens is 207 g/mol. The molecule has 1 aromatic heterocycles. The molecule has 0 spiro atoms. The van der Waals surface area contributed by atoms with Crippen LogP contribution in [0.1, 0.15) is 31.7 Å². The molecule has 1 N–H and O–H groups in total. The van der Waals surface area contributed by atoms with Crippen molar-refractivity contribution in [3.05, 3.63) is 23.6 Å². The van der Waals surface area contributed by atoms with Gasteiger partial charge in [0.15, 0.2) is 11.6 Å². The van der Waals surface area contributed by atoms with Gasteiger partial charge in [0.2, 0.25) is 0 Å². The minimum absolute atomic E-state index is 0.236. The van der Waals surface area contributed by atoms with Crippen LogP contribution < -0.4 is 4.74 Å². The molecule has 1 heterocycles. The second kappa shape index (κ2) is 4.12. The molecular formula is C12H15FN2O. The summed E-state index contributed by atoms with van der Waals surface area (Å²) >= 11 is 0. The Balaban J connectivity index is 2.72. The van der Waals surface area contributed by atoms with E-state index in [0.717, 1.165) is 17.4 Å². The fourth-order valence-corrected chi connectivity index (χ4v) is 1.90. The van der Waals surface area contributed by atoms with E-state index in [-0.39, 0.29) is 11.6 Å². The lowest BCUT2D eigenvalue weighted by atomic mass is 9.95. The van der Waals surface area contributed by atoms with Crippen LogP contribution in [0.5, 0.6) is 5.75 Å². The van der Waals surface area contributed by atoms with E-state index >= 15 is 0 Å². The number of ether oxygens (including phenoxy) is 1. The largest absolute Gasteiger partial charge is 0.492 e. The summed E-state index contributed by atoms with van der Waals surface area (Å²) in [7, 11) is 1.46. The monoisotopic (exact) mass is 222 g/mol. The average Bonchev–Trinajstić information content (AvgIpc) is 2.75. The summed E-state index contributed by atoms with van der Waals surface area (Å²) in [4.78, 5) is 0. The number of rotatable bonds is 3. The smallest absolute Gasteiger partial charge is 0.180 e. The number of hydrogen-bond donors (Lipinski definition) is 1. The maximum absolute atomic E-state index is 13.8. The Hall–Kier alpha value is -1.58. The summed E-state index contributed by atoms with van der Waals surface area (Å²) in [5.41, 5.74) is 1.61. The maximum Gasteiger partial charge on any atom is 0.180 e. The first-order valence-corrected chi connectivity index (χ1v) is 5.38. The molecule has 0 saturated carbocycles. The second-order valence-electron chi connectivity index (χ2n) is 3.95. The topological polar surface area (TPSA) is 37.9 Å². The number of nitrogens with one attached hydrogen (secondary N) is 1. The molecule has 0 radical (unpaired) electrons. The molecule has 0 aliphatic rings. The summed E-state index contributed by atoms with van der Waals surface area (Å²) in [6.45, 7) is 4.16. The van der Waals surface area contributed by atoms with Gasteiger partial charge in [0.05, 0.1) is 13.3 Å². The SMILES string of the molecule is CCC(C)c1cc(F)c(OC)c2[nH]ncc12. The van der Waals surface area contributed by atoms with E-state index in [4.69, 9.17) is 4.74 Å². The normalized spacial score (nSPS) is 13.0. The van der Waals surface area contributed by atoms with Crippen LogP contribution in [0, 0.1) is 5.82 Å². The molecule has 0 bridgehead atoms. The zero-order valence-electron chi connectivity index (χ0n) is 9.67. The molecule has 4 heteroatoms. The average molecular weight is 222 g/mol. The summed E-state index contributed by atoms with van der Waals surface area (Å²) < 4.78 is 18.8. The third-order valence-corrected chi connectivity index (χ3v) is 3.02. The third-order valence-electron chi connectivity index (χ3n) is 3.02. The summed E-state index contributed by atoms with van der Waals surface area (Å²) in [6, 6.07) is 1.55. The molecule has 0 amide bonds. The van der Waals surface area contributed by atoms with Gasteiger partial charge in [-0.1, -0.05) is 13.8 Å². The van der Waals surface area contributed by atoms with Crippen LogP contribution in [-0.2, 0) is 0 Å². The van der Waals surface area contributed by atoms with Gasteiger partial charge in [-0.3, -0.25) is 5.10 Å². The Morgan fingerprint density at radius 1 is 1.56 bits per heavy atom. The predicted molar refractivity (Wildman–Crippen MR) is 61.3 cm³/mol. The van der Waals surface area contributed by atoms with Crippen LogP contribution in [0.3, 0.4) is 0 Å². The minimum atomic E-state index is -0.338. The van der Waals surface area contributed by atoms with Crippen LogP contribution in [0.25, 0.3) is 10.9 Å². The number of hydrogen-bond acceptors (Lipinski definition) is 2. The maximum atomic E-state index is 13.8. The molecule has 0 saturated heterocycles. The highest BCUT2D eigenvalue weighted by molar-refractivity contribution is 5.87. The fraction of sp³-hybridized carbons (Fsp3) is 0.417. The first-order valence-electron chi connectivity index (χ1n) is 5.38. The lowest BCUT2D eigenvalue weighted by molar-refractivity contribution is 0.390. The van der Waals surface area contributed by atoms with Crippen LogP contribution in [0.4, 0.5) is 4.39 Å². The molecule has 0 aliphatic carbocycles. The standard InChI is InChI=1S/C12H15FN2O/c1-4-7(2)8-5-10(13)12(16-3)11-9(8)6-14-15-11/h5-7H,4H2,1-3H3,(H,14,15). The van der Waals surface area contributed by atoms with Crippen LogP contribution in [0.15, 0.2) is 12.3 Å². The van der Waals surface area contributed by atoms with Gasteiger partial charge < -0.3 is 4.74 Å². The number of methoxy groups -OCH3 is 1. The van der Waals surface area contributed by atoms with Crippen LogP contribution in [0.2, 0.25) is 0 Å². The van der Waals surface area contributed by atoms with Crippen molar-refractivity contribution in [2.45, 2.75) is 26.2 Å². The molecule has 1 aromatic carbocycles. The van der Waals surface area contributed by atoms with Gasteiger partial charge in [-0.25, -0.2) is 4.39 Å². The molecule has 16 heavy (non-hydrogen) atoms. The van der Waals surface area contributed by atoms with Crippen molar-refractivity contribution >= 4 is 10.9 Å². The highest BCUT2D eigenvalue weighted by Crippen LogP contribution is 2.34. The quantitative estimate of drug-likeness (QED) is 0.865. The molecule has 2 rings (SSSR count). The molecule has 2 aromatic rings. The van der Waals surface area contributed by atoms with Gasteiger partial charge in [-0.2, -0.15) is 5.10 Å². The number of nitrogens with zero attached hydrogens (tertiary/aromatic N) is 1. The van der Waals surface area contributed by atoms with Crippen molar-refractivity contribution in [2.75, 3.05) is 7.11 Å². The van der Waals surface area contributed by atoms with Gasteiger partial charge in [0.1, 0.15) is 5.52 Å². The highest BCUT2D eigenvalue weighted by Gasteiger charge is 2.17. The summed E-state index contributed by atoms with van der Waals surface area (Å²) in [5.74, 6) is 0.203. The van der Waals surface area contributed by atoms with Crippen molar-refractivity contribution in [3.8, 4) is 5.75 Å². The lowest BCUT2D eigenvalue weighted by Crippen LogP contribution is -1.97. The van der Waals surface area contributed by atoms with E-state index in [9.17, 15) is 4.39 Å². The van der Waals surface area contributed by atoms with Crippen LogP contribution >= 0.6 is 0 Å². The number of benzene rings is 1. The number of H-pyrrole nitrogens is 1. The van der Waals surface area contributed by atoms with Crippen molar-refractivity contribution in [2.24, 2.45) is 0 Å². The van der Waals surface area contributed by atoms with E-state index in [1.807, 2.05) is 0 Å². The predicted octanol–water partition coefficient (Wildman–Crippen LogP) is 3.22. The highest BCUT2D eigenvalue weighted by atomic mass is 19.1. The Bertz CT molecular complexity index is 507. The minimum Gasteiger partial charge on any atom is -0.492 e.